The van der Waals surface area contributed by atoms with Crippen molar-refractivity contribution in [3.8, 4) is 0 Å². The van der Waals surface area contributed by atoms with Gasteiger partial charge in [0.2, 0.25) is 0 Å². The molecule has 0 radical (unpaired) electrons. The van der Waals surface area contributed by atoms with Gasteiger partial charge in [-0.1, -0.05) is 42.5 Å². The van der Waals surface area contributed by atoms with Crippen molar-refractivity contribution in [3.05, 3.63) is 87.6 Å². The lowest BCUT2D eigenvalue weighted by atomic mass is 9.78. The van der Waals surface area contributed by atoms with Crippen LogP contribution in [-0.2, 0) is 12.0 Å². The van der Waals surface area contributed by atoms with E-state index in [0.29, 0.717) is 11.6 Å². The minimum absolute atomic E-state index is 0.132. The summed E-state index contributed by atoms with van der Waals surface area (Å²) in [7, 11) is 0. The summed E-state index contributed by atoms with van der Waals surface area (Å²) in [5, 5.41) is 3.11. The molecule has 0 spiro atoms. The first-order valence-corrected chi connectivity index (χ1v) is 9.91. The standard InChI is InChI=1S/C22H23FN2S/c1-16-8-9-19(12-20(16)23)22(21-24-10-11-26-21)13-17(2)25(15-22)14-18-6-4-3-5-7-18/h3-12,17H,13-15H2,1-2H3. The summed E-state index contributed by atoms with van der Waals surface area (Å²) in [6, 6.07) is 16.6. The van der Waals surface area contributed by atoms with Crippen LogP contribution in [0.4, 0.5) is 4.39 Å². The van der Waals surface area contributed by atoms with Crippen LogP contribution >= 0.6 is 11.3 Å². The number of halogens is 1. The van der Waals surface area contributed by atoms with Gasteiger partial charge in [0.1, 0.15) is 10.8 Å². The van der Waals surface area contributed by atoms with Crippen molar-refractivity contribution in [1.82, 2.24) is 9.88 Å². The maximum atomic E-state index is 14.4. The van der Waals surface area contributed by atoms with E-state index in [4.69, 9.17) is 0 Å². The number of likely N-dealkylation sites (tertiary alicyclic amines) is 1. The summed E-state index contributed by atoms with van der Waals surface area (Å²) in [5.74, 6) is -0.132. The minimum Gasteiger partial charge on any atom is -0.295 e. The van der Waals surface area contributed by atoms with E-state index in [1.54, 1.807) is 17.4 Å². The maximum Gasteiger partial charge on any atom is 0.126 e. The van der Waals surface area contributed by atoms with Crippen molar-refractivity contribution in [2.24, 2.45) is 0 Å². The Hall–Kier alpha value is -2.04. The Labute approximate surface area is 158 Å². The van der Waals surface area contributed by atoms with E-state index >= 15 is 0 Å². The molecule has 0 aliphatic carbocycles. The van der Waals surface area contributed by atoms with Crippen LogP contribution in [0.15, 0.2) is 60.1 Å². The molecule has 2 atom stereocenters. The Morgan fingerprint density at radius 3 is 2.73 bits per heavy atom. The molecule has 2 heterocycles. The Morgan fingerprint density at radius 1 is 1.23 bits per heavy atom. The number of benzene rings is 2. The van der Waals surface area contributed by atoms with Crippen molar-refractivity contribution >= 4 is 11.3 Å². The Morgan fingerprint density at radius 2 is 2.04 bits per heavy atom. The molecule has 1 aliphatic rings. The van der Waals surface area contributed by atoms with Crippen LogP contribution in [0.3, 0.4) is 0 Å². The van der Waals surface area contributed by atoms with Gasteiger partial charge < -0.3 is 0 Å². The highest BCUT2D eigenvalue weighted by atomic mass is 32.1. The number of hydrogen-bond acceptors (Lipinski definition) is 3. The lowest BCUT2D eigenvalue weighted by molar-refractivity contribution is 0.254. The lowest BCUT2D eigenvalue weighted by Gasteiger charge is -2.28. The van der Waals surface area contributed by atoms with Gasteiger partial charge in [-0.15, -0.1) is 11.3 Å². The Kier molecular flexibility index (Phi) is 4.63. The topological polar surface area (TPSA) is 16.1 Å². The summed E-state index contributed by atoms with van der Waals surface area (Å²) in [5.41, 5.74) is 2.80. The van der Waals surface area contributed by atoms with Crippen LogP contribution in [0.2, 0.25) is 0 Å². The fourth-order valence-electron chi connectivity index (χ4n) is 4.07. The summed E-state index contributed by atoms with van der Waals surface area (Å²) in [6.45, 7) is 5.85. The third-order valence-electron chi connectivity index (χ3n) is 5.53. The minimum atomic E-state index is -0.239. The van der Waals surface area contributed by atoms with E-state index in [-0.39, 0.29) is 11.2 Å². The van der Waals surface area contributed by atoms with E-state index in [2.05, 4.69) is 47.1 Å². The van der Waals surface area contributed by atoms with Crippen LogP contribution in [0.1, 0.15) is 35.0 Å². The number of aryl methyl sites for hydroxylation is 1. The Bertz CT molecular complexity index is 878. The molecule has 1 saturated heterocycles. The number of aromatic nitrogens is 1. The van der Waals surface area contributed by atoms with Crippen molar-refractivity contribution < 1.29 is 4.39 Å². The number of hydrogen-bond donors (Lipinski definition) is 0. The van der Waals surface area contributed by atoms with Gasteiger partial charge in [0.15, 0.2) is 0 Å². The SMILES string of the molecule is Cc1ccc(C2(c3nccs3)CC(C)N(Cc3ccccc3)C2)cc1F. The number of thiazole rings is 1. The molecule has 1 aromatic heterocycles. The molecule has 0 amide bonds. The molecular weight excluding hydrogens is 343 g/mol. The highest BCUT2D eigenvalue weighted by Gasteiger charge is 2.46. The first-order chi connectivity index (χ1) is 12.6. The van der Waals surface area contributed by atoms with Gasteiger partial charge >= 0.3 is 0 Å². The second kappa shape index (κ2) is 6.93. The molecule has 2 nitrogen and oxygen atoms in total. The molecule has 0 saturated carbocycles. The molecular formula is C22H23FN2S. The molecule has 134 valence electrons. The van der Waals surface area contributed by atoms with Crippen LogP contribution in [0.5, 0.6) is 0 Å². The summed E-state index contributed by atoms with van der Waals surface area (Å²) in [6.07, 6.45) is 2.81. The molecule has 1 aliphatic heterocycles. The molecule has 4 heteroatoms. The predicted molar refractivity (Wildman–Crippen MR) is 105 cm³/mol. The second-order valence-electron chi connectivity index (χ2n) is 7.33. The molecule has 0 bridgehead atoms. The van der Waals surface area contributed by atoms with Crippen LogP contribution in [0.25, 0.3) is 0 Å². The third kappa shape index (κ3) is 3.08. The highest BCUT2D eigenvalue weighted by molar-refractivity contribution is 7.09. The monoisotopic (exact) mass is 366 g/mol. The zero-order chi connectivity index (χ0) is 18.1. The molecule has 3 aromatic rings. The van der Waals surface area contributed by atoms with E-state index in [1.807, 2.05) is 30.6 Å². The zero-order valence-electron chi connectivity index (χ0n) is 15.2. The average molecular weight is 367 g/mol. The van der Waals surface area contributed by atoms with Gasteiger partial charge in [0.25, 0.3) is 0 Å². The first kappa shape index (κ1) is 17.4. The quantitative estimate of drug-likeness (QED) is 0.633. The fraction of sp³-hybridized carbons (Fsp3) is 0.318. The van der Waals surface area contributed by atoms with Crippen molar-refractivity contribution in [2.45, 2.75) is 38.3 Å². The van der Waals surface area contributed by atoms with Crippen LogP contribution < -0.4 is 0 Å². The van der Waals surface area contributed by atoms with Gasteiger partial charge in [0, 0.05) is 30.7 Å². The van der Waals surface area contributed by atoms with Gasteiger partial charge in [-0.3, -0.25) is 4.90 Å². The van der Waals surface area contributed by atoms with Gasteiger partial charge in [-0.05, 0) is 43.0 Å². The normalized spacial score (nSPS) is 23.4. The first-order valence-electron chi connectivity index (χ1n) is 9.03. The zero-order valence-corrected chi connectivity index (χ0v) is 16.0. The molecule has 0 N–H and O–H groups in total. The van der Waals surface area contributed by atoms with Gasteiger partial charge in [-0.2, -0.15) is 0 Å². The fourth-order valence-corrected chi connectivity index (χ4v) is 4.93. The smallest absolute Gasteiger partial charge is 0.126 e. The molecule has 4 rings (SSSR count). The van der Waals surface area contributed by atoms with Crippen molar-refractivity contribution in [1.29, 1.82) is 0 Å². The van der Waals surface area contributed by atoms with E-state index in [0.717, 1.165) is 30.1 Å². The predicted octanol–water partition coefficient (Wildman–Crippen LogP) is 5.17. The van der Waals surface area contributed by atoms with E-state index in [1.165, 1.54) is 5.56 Å². The van der Waals surface area contributed by atoms with Gasteiger partial charge in [-0.25, -0.2) is 9.37 Å². The number of rotatable bonds is 4. The highest BCUT2D eigenvalue weighted by Crippen LogP contribution is 2.45. The molecule has 26 heavy (non-hydrogen) atoms. The average Bonchev–Trinajstić information content (AvgIpc) is 3.28. The second-order valence-corrected chi connectivity index (χ2v) is 8.22. The van der Waals surface area contributed by atoms with Crippen molar-refractivity contribution in [3.63, 3.8) is 0 Å². The van der Waals surface area contributed by atoms with Crippen molar-refractivity contribution in [2.75, 3.05) is 6.54 Å². The molecule has 2 aromatic carbocycles. The third-order valence-corrected chi connectivity index (χ3v) is 6.51. The largest absolute Gasteiger partial charge is 0.295 e. The lowest BCUT2D eigenvalue weighted by Crippen LogP contribution is -2.32. The Balaban J connectivity index is 1.72. The van der Waals surface area contributed by atoms with Gasteiger partial charge in [0.05, 0.1) is 5.41 Å². The number of nitrogens with zero attached hydrogens (tertiary/aromatic N) is 2. The van der Waals surface area contributed by atoms with Crippen LogP contribution in [0, 0.1) is 12.7 Å². The summed E-state index contributed by atoms with van der Waals surface area (Å²) in [4.78, 5) is 7.14. The van der Waals surface area contributed by atoms with E-state index in [9.17, 15) is 4.39 Å². The van der Waals surface area contributed by atoms with E-state index < -0.39 is 0 Å². The molecule has 2 unspecified atom stereocenters. The summed E-state index contributed by atoms with van der Waals surface area (Å²) >= 11 is 1.67. The van der Waals surface area contributed by atoms with Crippen LogP contribution in [-0.4, -0.2) is 22.5 Å². The maximum absolute atomic E-state index is 14.4. The molecule has 1 fully saturated rings. The summed E-state index contributed by atoms with van der Waals surface area (Å²) < 4.78 is 14.4.